The van der Waals surface area contributed by atoms with Crippen LogP contribution in [0.4, 0.5) is 22.1 Å². The van der Waals surface area contributed by atoms with Crippen LogP contribution in [-0.2, 0) is 9.47 Å². The number of carbonyl (C=O) groups excluding carboxylic acids is 1. The summed E-state index contributed by atoms with van der Waals surface area (Å²) in [5.74, 6) is 7.48. The number of carbonyl (C=O) groups is 1. The zero-order valence-electron chi connectivity index (χ0n) is 20.5. The van der Waals surface area contributed by atoms with E-state index in [0.717, 1.165) is 25.7 Å². The van der Waals surface area contributed by atoms with Gasteiger partial charge in [0.25, 0.3) is 0 Å². The number of nitrogens with two attached hydrogens (primary N) is 1. The standard InChI is InChI=1S/C23H32IN7O6/c1-36-22(34)30-9-7-13(8-10-30)3-2-4-15-27-19(25)16-20(28-15)31(24-29-16)11-23(35)12-37-17(18(23)32)21(33)26-14-5-6-14/h13-14,17-18,21,26,32-33,35H,3,5-12H2,1H3,(H2,25,27,28)/t17-,18?,21?,23?/m0/s1. The summed E-state index contributed by atoms with van der Waals surface area (Å²) in [6, 6.07) is 0.224. The Morgan fingerprint density at radius 1 is 1.35 bits per heavy atom. The Balaban J connectivity index is 1.22. The van der Waals surface area contributed by atoms with E-state index in [1.165, 1.54) is 7.11 Å². The molecule has 37 heavy (non-hydrogen) atoms. The molecule has 2 saturated heterocycles. The van der Waals surface area contributed by atoms with E-state index in [-0.39, 0.29) is 36.9 Å². The van der Waals surface area contributed by atoms with Crippen molar-refractivity contribution in [2.75, 3.05) is 42.2 Å². The maximum absolute atomic E-state index is 11.6. The first-order valence-electron chi connectivity index (χ1n) is 12.4. The van der Waals surface area contributed by atoms with Crippen LogP contribution < -0.4 is 14.2 Å². The molecule has 1 aromatic rings. The number of hydrogen-bond donors (Lipinski definition) is 5. The van der Waals surface area contributed by atoms with E-state index in [9.17, 15) is 20.1 Å². The Bertz CT molecular complexity index is 1120. The first-order chi connectivity index (χ1) is 17.8. The van der Waals surface area contributed by atoms with Crippen molar-refractivity contribution in [3.8, 4) is 11.8 Å². The zero-order valence-corrected chi connectivity index (χ0v) is 22.7. The molecule has 1 amide bonds. The molecule has 4 aliphatic rings. The number of nitrogen functional groups attached to an aromatic ring is 1. The molecule has 1 saturated carbocycles. The SMILES string of the molecule is COC(=O)N1CCC(CC#Cc2nc(N)c3c(n2)N(CC2(O)CO[C@H](C(O)NC4CC4)C2O)I=N3)CC1. The molecule has 4 heterocycles. The number of β-amino-alcohol motifs (C(OH)–C–C–N with tert-alkyl or cyclic N) is 1. The summed E-state index contributed by atoms with van der Waals surface area (Å²) in [6.07, 6.45) is 0.722. The van der Waals surface area contributed by atoms with Gasteiger partial charge in [0.1, 0.15) is 45.3 Å². The molecule has 1 aromatic heterocycles. The van der Waals surface area contributed by atoms with Crippen LogP contribution in [0.2, 0.25) is 0 Å². The molecule has 0 radical (unpaired) electrons. The third-order valence-corrected chi connectivity index (χ3v) is 9.09. The van der Waals surface area contributed by atoms with E-state index >= 15 is 0 Å². The molecule has 14 heteroatoms. The van der Waals surface area contributed by atoms with Gasteiger partial charge < -0.3 is 35.4 Å². The van der Waals surface area contributed by atoms with Crippen LogP contribution >= 0.6 is 21.3 Å². The molecule has 3 aliphatic heterocycles. The summed E-state index contributed by atoms with van der Waals surface area (Å²) < 4.78 is 16.7. The quantitative estimate of drug-likeness (QED) is 0.127. The van der Waals surface area contributed by atoms with Gasteiger partial charge in [-0.15, -0.1) is 0 Å². The number of fused-ring (bicyclic) bond motifs is 1. The monoisotopic (exact) mass is 629 g/mol. The minimum absolute atomic E-state index is 0.0344. The molecular formula is C23H32IN7O6. The van der Waals surface area contributed by atoms with E-state index in [2.05, 4.69) is 30.3 Å². The Morgan fingerprint density at radius 2 is 2.11 bits per heavy atom. The number of nitrogens with zero attached hydrogens (tertiary/aromatic N) is 5. The predicted octanol–water partition coefficient (Wildman–Crippen LogP) is 0.361. The summed E-state index contributed by atoms with van der Waals surface area (Å²) in [6.45, 7) is 1.20. The highest BCUT2D eigenvalue weighted by Crippen LogP contribution is 2.45. The maximum Gasteiger partial charge on any atom is 0.409 e. The van der Waals surface area contributed by atoms with Crippen molar-refractivity contribution in [2.45, 2.75) is 62.2 Å². The number of anilines is 2. The first-order valence-corrected chi connectivity index (χ1v) is 14.3. The fourth-order valence-corrected chi connectivity index (χ4v) is 6.89. The normalized spacial score (nSPS) is 28.3. The number of nitrogens with one attached hydrogen (secondary N) is 1. The second kappa shape index (κ2) is 10.9. The van der Waals surface area contributed by atoms with Crippen LogP contribution in [0.5, 0.6) is 0 Å². The van der Waals surface area contributed by atoms with Crippen molar-refractivity contribution in [2.24, 2.45) is 9.06 Å². The highest BCUT2D eigenvalue weighted by atomic mass is 127. The third kappa shape index (κ3) is 5.81. The van der Waals surface area contributed by atoms with E-state index in [0.29, 0.717) is 36.9 Å². The molecule has 3 fully saturated rings. The Morgan fingerprint density at radius 3 is 2.81 bits per heavy atom. The fraction of sp³-hybridized carbons (Fsp3) is 0.696. The largest absolute Gasteiger partial charge is 0.453 e. The molecule has 4 atom stereocenters. The minimum Gasteiger partial charge on any atom is -0.453 e. The number of likely N-dealkylation sites (tertiary alicyclic amines) is 1. The lowest BCUT2D eigenvalue weighted by molar-refractivity contribution is -0.0777. The van der Waals surface area contributed by atoms with Crippen LogP contribution in [-0.4, -0.2) is 99.7 Å². The number of amides is 1. The highest BCUT2D eigenvalue weighted by Gasteiger charge is 2.52. The molecule has 0 spiro atoms. The topological polar surface area (TPSA) is 179 Å². The number of aliphatic hydroxyl groups excluding tert-OH is 2. The minimum atomic E-state index is -1.60. The molecule has 1 aliphatic carbocycles. The van der Waals surface area contributed by atoms with Gasteiger partial charge in [-0.2, -0.15) is 3.15 Å². The van der Waals surface area contributed by atoms with Gasteiger partial charge in [-0.05, 0) is 37.5 Å². The number of ether oxygens (including phenoxy) is 2. The van der Waals surface area contributed by atoms with Gasteiger partial charge in [-0.3, -0.25) is 8.43 Å². The number of rotatable bonds is 6. The van der Waals surface area contributed by atoms with Crippen molar-refractivity contribution in [3.63, 3.8) is 0 Å². The predicted molar refractivity (Wildman–Crippen MR) is 141 cm³/mol. The molecule has 13 nitrogen and oxygen atoms in total. The Hall–Kier alpha value is -2.16. The van der Waals surface area contributed by atoms with Crippen molar-refractivity contribution < 1.29 is 29.6 Å². The number of halogens is 1. The van der Waals surface area contributed by atoms with E-state index in [1.807, 2.05) is 3.11 Å². The van der Waals surface area contributed by atoms with Gasteiger partial charge in [0.05, 0.1) is 20.3 Å². The smallest absolute Gasteiger partial charge is 0.409 e. The molecule has 202 valence electrons. The summed E-state index contributed by atoms with van der Waals surface area (Å²) in [4.78, 5) is 22.2. The highest BCUT2D eigenvalue weighted by molar-refractivity contribution is 14.2. The lowest BCUT2D eigenvalue weighted by Gasteiger charge is -2.30. The third-order valence-electron chi connectivity index (χ3n) is 7.07. The number of aliphatic hydroxyl groups is 3. The van der Waals surface area contributed by atoms with Crippen molar-refractivity contribution >= 4 is 44.7 Å². The number of aromatic nitrogens is 2. The average Bonchev–Trinajstić information content (AvgIpc) is 3.54. The van der Waals surface area contributed by atoms with Crippen LogP contribution in [0.1, 0.15) is 37.9 Å². The molecule has 3 unspecified atom stereocenters. The zero-order chi connectivity index (χ0) is 26.2. The first kappa shape index (κ1) is 26.4. The summed E-state index contributed by atoms with van der Waals surface area (Å²) in [7, 11) is 1.39. The average molecular weight is 629 g/mol. The molecule has 0 aromatic carbocycles. The second-order valence-corrected chi connectivity index (χ2v) is 12.0. The maximum atomic E-state index is 11.6. The van der Waals surface area contributed by atoms with Crippen LogP contribution in [0.25, 0.3) is 0 Å². The van der Waals surface area contributed by atoms with Crippen molar-refractivity contribution in [1.82, 2.24) is 20.2 Å². The lowest BCUT2D eigenvalue weighted by atomic mass is 9.94. The van der Waals surface area contributed by atoms with Gasteiger partial charge in [0, 0.05) is 25.6 Å². The van der Waals surface area contributed by atoms with Crippen LogP contribution in [0.15, 0.2) is 3.15 Å². The number of piperidine rings is 1. The van der Waals surface area contributed by atoms with E-state index in [1.54, 1.807) is 4.90 Å². The molecule has 5 rings (SSSR count). The lowest BCUT2D eigenvalue weighted by Crippen LogP contribution is -2.54. The second-order valence-electron chi connectivity index (χ2n) is 9.90. The molecular weight excluding hydrogens is 597 g/mol. The van der Waals surface area contributed by atoms with Crippen LogP contribution in [0.3, 0.4) is 0 Å². The van der Waals surface area contributed by atoms with Gasteiger partial charge in [-0.1, -0.05) is 5.92 Å². The van der Waals surface area contributed by atoms with Gasteiger partial charge in [0.15, 0.2) is 17.3 Å². The number of methoxy groups -OCH3 is 1. The fourth-order valence-electron chi connectivity index (χ4n) is 4.66. The van der Waals surface area contributed by atoms with Gasteiger partial charge in [-0.25, -0.2) is 14.8 Å². The van der Waals surface area contributed by atoms with E-state index < -0.39 is 45.3 Å². The van der Waals surface area contributed by atoms with Gasteiger partial charge >= 0.3 is 6.09 Å². The summed E-state index contributed by atoms with van der Waals surface area (Å²) in [5.41, 5.74) is 5.01. The molecule has 6 N–H and O–H groups in total. The number of hydrogen-bond acceptors (Lipinski definition) is 12. The van der Waals surface area contributed by atoms with Crippen LogP contribution in [0, 0.1) is 17.8 Å². The Labute approximate surface area is 225 Å². The summed E-state index contributed by atoms with van der Waals surface area (Å²) in [5, 5.41) is 35.4. The Kier molecular flexibility index (Phi) is 7.80. The molecule has 0 bridgehead atoms. The van der Waals surface area contributed by atoms with Crippen molar-refractivity contribution in [1.29, 1.82) is 0 Å². The summed E-state index contributed by atoms with van der Waals surface area (Å²) >= 11 is -0.943. The van der Waals surface area contributed by atoms with E-state index in [4.69, 9.17) is 15.2 Å². The van der Waals surface area contributed by atoms with Gasteiger partial charge in [0.2, 0.25) is 5.82 Å². The van der Waals surface area contributed by atoms with Crippen molar-refractivity contribution in [3.05, 3.63) is 5.82 Å².